The van der Waals surface area contributed by atoms with E-state index < -0.39 is 0 Å². The van der Waals surface area contributed by atoms with Crippen molar-refractivity contribution in [3.63, 3.8) is 0 Å². The smallest absolute Gasteiger partial charge is 0.266 e. The van der Waals surface area contributed by atoms with Crippen LogP contribution < -0.4 is 10.9 Å². The number of carbonyl (C=O) groups excluding carboxylic acids is 1. The molecule has 1 fully saturated rings. The number of nitrogens with one attached hydrogen (secondary N) is 2. The lowest BCUT2D eigenvalue weighted by Gasteiger charge is -2.29. The number of hydrogen-bond donors (Lipinski definition) is 2. The van der Waals surface area contributed by atoms with Gasteiger partial charge in [0.2, 0.25) is 0 Å². The highest BCUT2D eigenvalue weighted by Gasteiger charge is 2.23. The van der Waals surface area contributed by atoms with E-state index in [2.05, 4.69) is 17.2 Å². The molecule has 3 aromatic rings. The molecule has 1 amide bonds. The Kier molecular flexibility index (Phi) is 5.56. The first-order chi connectivity index (χ1) is 13.9. The molecule has 1 aliphatic carbocycles. The number of H-pyrrole nitrogens is 1. The third kappa shape index (κ3) is 4.00. The summed E-state index contributed by atoms with van der Waals surface area (Å²) in [5, 5.41) is 4.16. The fourth-order valence-electron chi connectivity index (χ4n) is 3.99. The summed E-state index contributed by atoms with van der Waals surface area (Å²) in [6.45, 7) is 2.18. The van der Waals surface area contributed by atoms with Crippen molar-refractivity contribution in [3.8, 4) is 5.69 Å². The SMILES string of the molecule is C[C@@H]1CCCC[C@H]1NC(=O)c1cccc(-n2c(=S)[nH]c3cc(Cl)ccc3c2=O)c1. The van der Waals surface area contributed by atoms with Crippen LogP contribution in [0.25, 0.3) is 16.6 Å². The van der Waals surface area contributed by atoms with Gasteiger partial charge in [0.15, 0.2) is 4.77 Å². The molecule has 150 valence electrons. The summed E-state index contributed by atoms with van der Waals surface area (Å²) in [4.78, 5) is 28.9. The van der Waals surface area contributed by atoms with E-state index in [-0.39, 0.29) is 22.3 Å². The minimum absolute atomic E-state index is 0.124. The number of fused-ring (bicyclic) bond motifs is 1. The minimum Gasteiger partial charge on any atom is -0.349 e. The zero-order valence-electron chi connectivity index (χ0n) is 16.1. The largest absolute Gasteiger partial charge is 0.349 e. The molecule has 0 spiro atoms. The van der Waals surface area contributed by atoms with Crippen LogP contribution in [-0.4, -0.2) is 21.5 Å². The van der Waals surface area contributed by atoms with Crippen LogP contribution in [0, 0.1) is 10.7 Å². The second-order valence-electron chi connectivity index (χ2n) is 7.65. The fourth-order valence-corrected chi connectivity index (χ4v) is 4.46. The first-order valence-corrected chi connectivity index (χ1v) is 10.6. The summed E-state index contributed by atoms with van der Waals surface area (Å²) in [7, 11) is 0. The molecule has 29 heavy (non-hydrogen) atoms. The Hall–Kier alpha value is -2.44. The van der Waals surface area contributed by atoms with Crippen molar-refractivity contribution in [1.29, 1.82) is 0 Å². The topological polar surface area (TPSA) is 66.9 Å². The maximum atomic E-state index is 13.0. The third-order valence-electron chi connectivity index (χ3n) is 5.65. The van der Waals surface area contributed by atoms with Gasteiger partial charge in [-0.3, -0.25) is 14.2 Å². The third-order valence-corrected chi connectivity index (χ3v) is 6.17. The van der Waals surface area contributed by atoms with Crippen LogP contribution in [0.4, 0.5) is 0 Å². The Morgan fingerprint density at radius 1 is 1.21 bits per heavy atom. The molecular weight excluding hydrogens is 406 g/mol. The average Bonchev–Trinajstić information content (AvgIpc) is 2.69. The Labute approximate surface area is 178 Å². The van der Waals surface area contributed by atoms with E-state index in [4.69, 9.17) is 23.8 Å². The molecule has 7 heteroatoms. The first-order valence-electron chi connectivity index (χ1n) is 9.80. The molecule has 1 saturated carbocycles. The molecule has 5 nitrogen and oxygen atoms in total. The molecule has 0 aliphatic heterocycles. The van der Waals surface area contributed by atoms with Crippen molar-refractivity contribution in [2.24, 2.45) is 5.92 Å². The van der Waals surface area contributed by atoms with Crippen LogP contribution in [0.1, 0.15) is 43.0 Å². The molecule has 2 aromatic carbocycles. The summed E-state index contributed by atoms with van der Waals surface area (Å²) in [5.41, 5.74) is 1.40. The van der Waals surface area contributed by atoms with Gasteiger partial charge < -0.3 is 10.3 Å². The van der Waals surface area contributed by atoms with Crippen LogP contribution in [0.5, 0.6) is 0 Å². The number of nitrogens with zero attached hydrogens (tertiary/aromatic N) is 1. The maximum absolute atomic E-state index is 13.0. The van der Waals surface area contributed by atoms with Crippen LogP contribution in [0.15, 0.2) is 47.3 Å². The Balaban J connectivity index is 1.70. The average molecular weight is 428 g/mol. The van der Waals surface area contributed by atoms with E-state index in [1.807, 2.05) is 0 Å². The van der Waals surface area contributed by atoms with E-state index in [0.717, 1.165) is 19.3 Å². The number of amides is 1. The highest BCUT2D eigenvalue weighted by atomic mass is 35.5. The van der Waals surface area contributed by atoms with E-state index in [1.165, 1.54) is 11.0 Å². The number of aromatic amines is 1. The van der Waals surface area contributed by atoms with E-state index >= 15 is 0 Å². The number of benzene rings is 2. The zero-order chi connectivity index (χ0) is 20.5. The lowest BCUT2D eigenvalue weighted by Crippen LogP contribution is -2.41. The second kappa shape index (κ2) is 8.13. The van der Waals surface area contributed by atoms with Gasteiger partial charge in [0.25, 0.3) is 11.5 Å². The number of halogens is 1. The molecule has 4 rings (SSSR count). The van der Waals surface area contributed by atoms with Crippen molar-refractivity contribution < 1.29 is 4.79 Å². The number of hydrogen-bond acceptors (Lipinski definition) is 3. The summed E-state index contributed by atoms with van der Waals surface area (Å²) < 4.78 is 1.66. The van der Waals surface area contributed by atoms with Gasteiger partial charge in [-0.1, -0.05) is 37.4 Å². The summed E-state index contributed by atoms with van der Waals surface area (Å²) in [6, 6.07) is 12.2. The van der Waals surface area contributed by atoms with E-state index in [1.54, 1.807) is 42.5 Å². The minimum atomic E-state index is -0.251. The number of carbonyl (C=O) groups is 1. The predicted molar refractivity (Wildman–Crippen MR) is 119 cm³/mol. The lowest BCUT2D eigenvalue weighted by atomic mass is 9.86. The summed E-state index contributed by atoms with van der Waals surface area (Å²) >= 11 is 11.4. The van der Waals surface area contributed by atoms with E-state index in [9.17, 15) is 9.59 Å². The standard InChI is InChI=1S/C22H22ClN3O2S/c1-13-5-2-3-8-18(13)24-20(27)14-6-4-7-16(11-14)26-21(28)17-10-9-15(23)12-19(17)25-22(26)29/h4,6-7,9-13,18H,2-3,5,8H2,1H3,(H,24,27)(H,25,29)/t13-,18-/m1/s1. The Bertz CT molecular complexity index is 1200. The highest BCUT2D eigenvalue weighted by molar-refractivity contribution is 7.71. The van der Waals surface area contributed by atoms with Gasteiger partial charge in [0.05, 0.1) is 16.6 Å². The van der Waals surface area contributed by atoms with Crippen molar-refractivity contribution >= 4 is 40.6 Å². The highest BCUT2D eigenvalue weighted by Crippen LogP contribution is 2.24. The van der Waals surface area contributed by atoms with Gasteiger partial charge in [-0.2, -0.15) is 0 Å². The van der Waals surface area contributed by atoms with E-state index in [0.29, 0.717) is 33.1 Å². The van der Waals surface area contributed by atoms with Crippen LogP contribution in [-0.2, 0) is 0 Å². The molecule has 2 atom stereocenters. The van der Waals surface area contributed by atoms with Gasteiger partial charge in [-0.15, -0.1) is 0 Å². The Morgan fingerprint density at radius 2 is 2.00 bits per heavy atom. The molecule has 0 radical (unpaired) electrons. The van der Waals surface area contributed by atoms with Crippen LogP contribution in [0.2, 0.25) is 5.02 Å². The molecule has 1 aromatic heterocycles. The van der Waals surface area contributed by atoms with Gasteiger partial charge in [0.1, 0.15) is 0 Å². The molecule has 0 bridgehead atoms. The van der Waals surface area contributed by atoms with Gasteiger partial charge in [-0.05, 0) is 67.4 Å². The summed E-state index contributed by atoms with van der Waals surface area (Å²) in [5.74, 6) is 0.348. The molecule has 0 unspecified atom stereocenters. The molecular formula is C22H22ClN3O2S. The molecule has 0 saturated heterocycles. The van der Waals surface area contributed by atoms with Crippen molar-refractivity contribution in [1.82, 2.24) is 14.9 Å². The van der Waals surface area contributed by atoms with Crippen molar-refractivity contribution in [2.45, 2.75) is 38.6 Å². The van der Waals surface area contributed by atoms with Gasteiger partial charge in [-0.25, -0.2) is 0 Å². The molecule has 2 N–H and O–H groups in total. The predicted octanol–water partition coefficient (Wildman–Crippen LogP) is 5.01. The van der Waals surface area contributed by atoms with Gasteiger partial charge >= 0.3 is 0 Å². The number of rotatable bonds is 3. The first kappa shape index (κ1) is 19.9. The summed E-state index contributed by atoms with van der Waals surface area (Å²) in [6.07, 6.45) is 4.50. The fraction of sp³-hybridized carbons (Fsp3) is 0.318. The van der Waals surface area contributed by atoms with Crippen molar-refractivity contribution in [3.05, 3.63) is 68.2 Å². The lowest BCUT2D eigenvalue weighted by molar-refractivity contribution is 0.0910. The molecule has 1 aliphatic rings. The normalized spacial score (nSPS) is 19.2. The Morgan fingerprint density at radius 3 is 2.79 bits per heavy atom. The zero-order valence-corrected chi connectivity index (χ0v) is 17.6. The second-order valence-corrected chi connectivity index (χ2v) is 8.48. The van der Waals surface area contributed by atoms with Crippen LogP contribution in [0.3, 0.4) is 0 Å². The van der Waals surface area contributed by atoms with Gasteiger partial charge in [0, 0.05) is 16.6 Å². The number of aromatic nitrogens is 2. The van der Waals surface area contributed by atoms with Crippen molar-refractivity contribution in [2.75, 3.05) is 0 Å². The molecule has 1 heterocycles. The quantitative estimate of drug-likeness (QED) is 0.577. The monoisotopic (exact) mass is 427 g/mol. The maximum Gasteiger partial charge on any atom is 0.266 e. The van der Waals surface area contributed by atoms with Crippen LogP contribution >= 0.6 is 23.8 Å².